The third kappa shape index (κ3) is 1.37. The molecule has 3 aromatic heterocycles. The second-order valence-electron chi connectivity index (χ2n) is 4.08. The molecule has 0 N–H and O–H groups in total. The Morgan fingerprint density at radius 3 is 3.00 bits per heavy atom. The Balaban J connectivity index is 2.25. The van der Waals surface area contributed by atoms with Crippen LogP contribution in [0.2, 0.25) is 5.02 Å². The van der Waals surface area contributed by atoms with Gasteiger partial charge in [0.05, 0.1) is 0 Å². The summed E-state index contributed by atoms with van der Waals surface area (Å²) in [4.78, 5) is 4.60. The van der Waals surface area contributed by atoms with Gasteiger partial charge < -0.3 is 0 Å². The molecule has 0 amide bonds. The van der Waals surface area contributed by atoms with Gasteiger partial charge in [-0.15, -0.1) is 0 Å². The van der Waals surface area contributed by atoms with Crippen LogP contribution < -0.4 is 0 Å². The van der Waals surface area contributed by atoms with Crippen LogP contribution in [0.25, 0.3) is 25.2 Å². The van der Waals surface area contributed by atoms with Crippen LogP contribution in [0.5, 0.6) is 0 Å². The summed E-state index contributed by atoms with van der Waals surface area (Å²) in [7, 11) is 0. The van der Waals surface area contributed by atoms with Crippen molar-refractivity contribution in [3.05, 3.63) is 47.4 Å². The number of hydrogen-bond acceptors (Lipinski definition) is 1. The molecule has 0 atom stereocenters. The average molecular weight is 324 g/mol. The molecule has 3 heterocycles. The summed E-state index contributed by atoms with van der Waals surface area (Å²) in [5, 5.41) is 1.73. The molecular formula is C13H6ClFN2Se. The third-order valence-corrected chi connectivity index (χ3v) is 5.56. The quantitative estimate of drug-likeness (QED) is 0.453. The van der Waals surface area contributed by atoms with Crippen LogP contribution >= 0.6 is 11.6 Å². The van der Waals surface area contributed by atoms with Gasteiger partial charge in [-0.05, 0) is 0 Å². The first-order valence-electron chi connectivity index (χ1n) is 5.38. The van der Waals surface area contributed by atoms with Crippen LogP contribution in [-0.2, 0) is 0 Å². The van der Waals surface area contributed by atoms with Gasteiger partial charge in [0.15, 0.2) is 0 Å². The van der Waals surface area contributed by atoms with E-state index in [9.17, 15) is 4.39 Å². The SMILES string of the molecule is Fc1ccc2c(c1)[se]c1c2nc2ccc(Cl)cn21. The third-order valence-electron chi connectivity index (χ3n) is 2.94. The Morgan fingerprint density at radius 2 is 2.11 bits per heavy atom. The van der Waals surface area contributed by atoms with Gasteiger partial charge in [0, 0.05) is 0 Å². The van der Waals surface area contributed by atoms with Gasteiger partial charge >= 0.3 is 112 Å². The summed E-state index contributed by atoms with van der Waals surface area (Å²) in [6.45, 7) is 0. The molecule has 2 nitrogen and oxygen atoms in total. The molecule has 0 unspecified atom stereocenters. The van der Waals surface area contributed by atoms with Crippen LogP contribution in [0.1, 0.15) is 0 Å². The van der Waals surface area contributed by atoms with Gasteiger partial charge in [-0.3, -0.25) is 0 Å². The van der Waals surface area contributed by atoms with Crippen LogP contribution in [0.4, 0.5) is 4.39 Å². The van der Waals surface area contributed by atoms with E-state index in [1.54, 1.807) is 6.07 Å². The molecule has 0 saturated heterocycles. The van der Waals surface area contributed by atoms with E-state index in [-0.39, 0.29) is 20.3 Å². The summed E-state index contributed by atoms with van der Waals surface area (Å²) >= 11 is 6.09. The Kier molecular flexibility index (Phi) is 2.10. The Hall–Kier alpha value is -1.35. The van der Waals surface area contributed by atoms with Crippen molar-refractivity contribution in [2.75, 3.05) is 0 Å². The van der Waals surface area contributed by atoms with Crippen LogP contribution in [0.15, 0.2) is 36.5 Å². The summed E-state index contributed by atoms with van der Waals surface area (Å²) in [6, 6.07) is 8.64. The van der Waals surface area contributed by atoms with Crippen molar-refractivity contribution in [3.8, 4) is 0 Å². The van der Waals surface area contributed by atoms with Crippen LogP contribution in [0.3, 0.4) is 0 Å². The first-order valence-corrected chi connectivity index (χ1v) is 7.47. The molecule has 5 heteroatoms. The van der Waals surface area contributed by atoms with Crippen molar-refractivity contribution < 1.29 is 4.39 Å². The molecule has 0 bridgehead atoms. The Bertz CT molecular complexity index is 909. The van der Waals surface area contributed by atoms with E-state index >= 15 is 0 Å². The zero-order chi connectivity index (χ0) is 12.3. The summed E-state index contributed by atoms with van der Waals surface area (Å²) in [5.74, 6) is -0.187. The molecule has 0 saturated carbocycles. The number of benzene rings is 1. The van der Waals surface area contributed by atoms with E-state index in [1.807, 2.05) is 28.8 Å². The molecule has 0 fully saturated rings. The number of nitrogens with zero attached hydrogens (tertiary/aromatic N) is 2. The molecule has 88 valence electrons. The van der Waals surface area contributed by atoms with E-state index in [1.165, 1.54) is 6.07 Å². The van der Waals surface area contributed by atoms with Crippen molar-refractivity contribution in [2.45, 2.75) is 0 Å². The van der Waals surface area contributed by atoms with Gasteiger partial charge in [-0.25, -0.2) is 0 Å². The molecule has 4 rings (SSSR count). The van der Waals surface area contributed by atoms with Gasteiger partial charge in [-0.1, -0.05) is 0 Å². The average Bonchev–Trinajstić information content (AvgIpc) is 2.84. The van der Waals surface area contributed by atoms with Crippen LogP contribution in [0, 0.1) is 5.82 Å². The molecule has 1 aromatic carbocycles. The standard InChI is InChI=1S/C13H6ClFN2Se/c14-7-1-4-11-16-12-9-3-2-8(15)5-10(9)18-13(12)17(11)6-7/h1-6H. The number of aromatic nitrogens is 2. The second kappa shape index (κ2) is 3.58. The van der Waals surface area contributed by atoms with Crippen molar-refractivity contribution >= 4 is 51.3 Å². The zero-order valence-electron chi connectivity index (χ0n) is 9.02. The number of halogens is 2. The van der Waals surface area contributed by atoms with Gasteiger partial charge in [0.25, 0.3) is 0 Å². The number of pyridine rings is 1. The van der Waals surface area contributed by atoms with E-state index in [4.69, 9.17) is 11.6 Å². The molecule has 0 aliphatic heterocycles. The predicted molar refractivity (Wildman–Crippen MR) is 72.1 cm³/mol. The molecule has 0 spiro atoms. The molecular weight excluding hydrogens is 318 g/mol. The molecule has 0 aliphatic carbocycles. The number of imidazole rings is 1. The number of rotatable bonds is 0. The van der Waals surface area contributed by atoms with E-state index < -0.39 is 0 Å². The fraction of sp³-hybridized carbons (Fsp3) is 0. The zero-order valence-corrected chi connectivity index (χ0v) is 11.5. The molecule has 18 heavy (non-hydrogen) atoms. The summed E-state index contributed by atoms with van der Waals surface area (Å²) < 4.78 is 17.4. The summed E-state index contributed by atoms with van der Waals surface area (Å²) in [6.07, 6.45) is 1.87. The monoisotopic (exact) mass is 324 g/mol. The maximum absolute atomic E-state index is 13.2. The van der Waals surface area contributed by atoms with Crippen molar-refractivity contribution in [2.24, 2.45) is 0 Å². The van der Waals surface area contributed by atoms with Gasteiger partial charge in [-0.2, -0.15) is 0 Å². The molecule has 0 aliphatic rings. The predicted octanol–water partition coefficient (Wildman–Crippen LogP) is 3.49. The van der Waals surface area contributed by atoms with Crippen molar-refractivity contribution in [1.29, 1.82) is 0 Å². The fourth-order valence-electron chi connectivity index (χ4n) is 2.15. The minimum absolute atomic E-state index is 0.0802. The van der Waals surface area contributed by atoms with Gasteiger partial charge in [0.1, 0.15) is 0 Å². The first-order chi connectivity index (χ1) is 8.72. The van der Waals surface area contributed by atoms with E-state index in [2.05, 4.69) is 4.98 Å². The van der Waals surface area contributed by atoms with Crippen molar-refractivity contribution in [3.63, 3.8) is 0 Å². The van der Waals surface area contributed by atoms with E-state index in [0.29, 0.717) is 5.02 Å². The number of fused-ring (bicyclic) bond motifs is 5. The van der Waals surface area contributed by atoms with Gasteiger partial charge in [0.2, 0.25) is 0 Å². The first kappa shape index (κ1) is 10.6. The normalized spacial score (nSPS) is 11.9. The Labute approximate surface area is 112 Å². The number of hydrogen-bond donors (Lipinski definition) is 0. The minimum atomic E-state index is -0.187. The van der Waals surface area contributed by atoms with Crippen LogP contribution in [-0.4, -0.2) is 23.9 Å². The second-order valence-corrected chi connectivity index (χ2v) is 6.68. The van der Waals surface area contributed by atoms with E-state index in [0.717, 1.165) is 25.2 Å². The fourth-order valence-corrected chi connectivity index (χ4v) is 4.73. The Morgan fingerprint density at radius 1 is 1.22 bits per heavy atom. The maximum atomic E-state index is 13.2. The molecule has 0 radical (unpaired) electrons. The summed E-state index contributed by atoms with van der Waals surface area (Å²) in [5.41, 5.74) is 1.86. The molecule has 4 aromatic rings. The topological polar surface area (TPSA) is 17.3 Å². The van der Waals surface area contributed by atoms with Crippen molar-refractivity contribution in [1.82, 2.24) is 9.38 Å².